The second-order valence-corrected chi connectivity index (χ2v) is 27.8. The van der Waals surface area contributed by atoms with Gasteiger partial charge >= 0.3 is 0 Å². The normalized spacial score (nSPS) is 36.1. The number of anilines is 1. The molecule has 2 unspecified atom stereocenters. The van der Waals surface area contributed by atoms with Gasteiger partial charge in [-0.2, -0.15) is 4.58 Å². The molecular formula is C72H91N4O22+. The Morgan fingerprint density at radius 3 is 1.79 bits per heavy atom. The van der Waals surface area contributed by atoms with E-state index in [-0.39, 0.29) is 51.8 Å². The summed E-state index contributed by atoms with van der Waals surface area (Å²) in [6.45, 7) is 5.45. The molecule has 0 radical (unpaired) electrons. The number of aliphatic hydroxyl groups is 10. The lowest BCUT2D eigenvalue weighted by Crippen LogP contribution is -2.65. The Hall–Kier alpha value is -6.03. The van der Waals surface area contributed by atoms with Crippen molar-refractivity contribution < 1.29 is 113 Å². The van der Waals surface area contributed by atoms with Gasteiger partial charge in [-0.1, -0.05) is 86.7 Å². The summed E-state index contributed by atoms with van der Waals surface area (Å²) >= 11 is 0. The Kier molecular flexibility index (Phi) is 21.2. The highest BCUT2D eigenvalue weighted by Crippen LogP contribution is 2.51. The minimum Gasteiger partial charge on any atom is -0.394 e. The third-order valence-corrected chi connectivity index (χ3v) is 20.9. The molecule has 14 aliphatic heterocycles. The van der Waals surface area contributed by atoms with Crippen molar-refractivity contribution in [2.45, 2.75) is 193 Å². The van der Waals surface area contributed by atoms with Gasteiger partial charge in [-0.05, 0) is 102 Å². The minimum absolute atomic E-state index is 0.0681. The highest BCUT2D eigenvalue weighted by atomic mass is 16.7. The molecule has 26 nitrogen and oxygen atoms in total. The van der Waals surface area contributed by atoms with Crippen molar-refractivity contribution in [1.29, 1.82) is 0 Å². The van der Waals surface area contributed by atoms with Gasteiger partial charge in [-0.15, -0.1) is 0 Å². The number of fused-ring (bicyclic) bond motifs is 6. The van der Waals surface area contributed by atoms with Crippen molar-refractivity contribution in [2.24, 2.45) is 0 Å². The lowest BCUT2D eigenvalue weighted by molar-refractivity contribution is -0.425. The summed E-state index contributed by atoms with van der Waals surface area (Å²) in [5, 5.41) is 119. The van der Waals surface area contributed by atoms with Crippen LogP contribution in [-0.2, 0) is 67.8 Å². The maximum Gasteiger partial charge on any atom is 0.287 e. The van der Waals surface area contributed by atoms with E-state index in [1.807, 2.05) is 58.0 Å². The molecule has 12 N–H and O–H groups in total. The van der Waals surface area contributed by atoms with Crippen molar-refractivity contribution in [3.63, 3.8) is 0 Å². The van der Waals surface area contributed by atoms with Crippen molar-refractivity contribution >= 4 is 50.4 Å². The quantitative estimate of drug-likeness (QED) is 0.0519. The topological polar surface area (TPSA) is 359 Å². The molecule has 0 aromatic heterocycles. The van der Waals surface area contributed by atoms with Crippen molar-refractivity contribution in [2.75, 3.05) is 71.1 Å². The molecule has 0 spiro atoms. The van der Waals surface area contributed by atoms with Gasteiger partial charge < -0.3 is 114 Å². The van der Waals surface area contributed by atoms with Crippen LogP contribution in [0.15, 0.2) is 120 Å². The average molecular weight is 1360 g/mol. The highest BCUT2D eigenvalue weighted by Gasteiger charge is 2.55. The fourth-order valence-corrected chi connectivity index (χ4v) is 15.8. The molecule has 12 fully saturated rings. The maximum absolute atomic E-state index is 14.3. The van der Waals surface area contributed by atoms with Crippen LogP contribution in [0.1, 0.15) is 70.9 Å². The number of aliphatic hydroxyl groups excluding tert-OH is 10. The van der Waals surface area contributed by atoms with E-state index in [2.05, 4.69) is 93.0 Å². The lowest BCUT2D eigenvalue weighted by atomic mass is 9.78. The van der Waals surface area contributed by atoms with Gasteiger partial charge in [-0.25, -0.2) is 0 Å². The zero-order chi connectivity index (χ0) is 68.9. The van der Waals surface area contributed by atoms with Crippen LogP contribution in [-0.4, -0.2) is 262 Å². The number of allylic oxidation sites excluding steroid dienone is 8. The van der Waals surface area contributed by atoms with Crippen LogP contribution in [0.2, 0.25) is 0 Å². The second-order valence-electron chi connectivity index (χ2n) is 27.8. The molecule has 12 saturated heterocycles. The molecule has 2 amide bonds. The number of nitrogens with one attached hydrogen (secondary N) is 2. The first-order valence-corrected chi connectivity index (χ1v) is 34.0. The largest absolute Gasteiger partial charge is 0.394 e. The summed E-state index contributed by atoms with van der Waals surface area (Å²) in [7, 11) is 0. The van der Waals surface area contributed by atoms with Gasteiger partial charge in [0.1, 0.15) is 118 Å². The van der Waals surface area contributed by atoms with Gasteiger partial charge in [0.2, 0.25) is 18.1 Å². The smallest absolute Gasteiger partial charge is 0.287 e. The predicted octanol–water partition coefficient (Wildman–Crippen LogP) is 1.03. The Labute approximate surface area is 566 Å². The van der Waals surface area contributed by atoms with Crippen LogP contribution in [0.4, 0.5) is 11.4 Å². The molecule has 1 aliphatic carbocycles. The number of carbonyl (C=O) groups is 2. The summed E-state index contributed by atoms with van der Waals surface area (Å²) in [4.78, 5) is 30.6. The number of carbonyl (C=O) groups excluding carboxylic acids is 2. The van der Waals surface area contributed by atoms with Crippen molar-refractivity contribution in [3.8, 4) is 0 Å². The molecule has 4 aromatic rings. The molecule has 14 heterocycles. The number of rotatable bonds is 17. The number of nitrogens with zero attached hydrogens (tertiary/aromatic N) is 2. The number of hydrogen-bond acceptors (Lipinski definition) is 23. The Bertz CT molecular complexity index is 3720. The van der Waals surface area contributed by atoms with E-state index in [1.165, 1.54) is 0 Å². The molecule has 530 valence electrons. The molecule has 8 bridgehead atoms. The number of ether oxygens (including phenoxy) is 10. The molecule has 98 heavy (non-hydrogen) atoms. The van der Waals surface area contributed by atoms with Crippen molar-refractivity contribution in [3.05, 3.63) is 131 Å². The van der Waals surface area contributed by atoms with Crippen LogP contribution >= 0.6 is 0 Å². The zero-order valence-corrected chi connectivity index (χ0v) is 55.2. The van der Waals surface area contributed by atoms with Gasteiger partial charge in [0.25, 0.3) is 5.91 Å². The van der Waals surface area contributed by atoms with Crippen molar-refractivity contribution in [1.82, 2.24) is 10.6 Å². The standard InChI is InChI=1S/C72H90N4O22/c1-71(2)51(75(43-21-19-39-11-5-7-13-41(39)55(43)71)29-53(81)73-35-91-63-46-16-10-26-89-64-47(31-77)95-69(60(86)59(64)85)97-67(61(63)87)50(34-80)94-46)23-17-37-27-38(28-37)18-24-52-72(3,4)56-42-14-8-6-12-40(42)20-22-44(56)76(52)30-54(82)74-36-92-68-62(88)65-48(32-78)96-70(68)98-66-49(33-79)93-45(15-9-25-90-65)57(83)58(66)84/h5-8,11-14,17-24,27,45-50,57-70,77-80,83-88H,9-10,15-16,25-26,28-36H2,1-4H3,(H-,73,74,81,82)/p+1/t45-,46-,47-,48-,49-,50-,57+,58-,59-,60-,61-,62+,63+,64-,65-,66?,67-,68-,69?,70-/m1/s1. The SMILES string of the molecule is CC1(C)C(/C=C/C2=CC(=C/C=C3/N(CC(=O)NCO[C@@H]4[C@@H](O)[C@@H]5OC6O[C@H](CO)[C@@H](OCCC[C@H]4O[C@@H]5CO)[C@H](O)[C@H]6O)c4ccc5ccccc5c4C3(C)C)/C2)=[N+](CC(=O)NCO[C@H]2[C@H]3OC4[C@@H](CO)O[C@H](CCCO[C@@H]([C@@H]2O)[C@@H](CO)O3)[C@H](O)[C@H]4O)c2ccc3ccccc3c21. The first-order valence-electron chi connectivity index (χ1n) is 34.0. The Balaban J connectivity index is 0.717. The van der Waals surface area contributed by atoms with E-state index in [1.54, 1.807) is 0 Å². The van der Waals surface area contributed by atoms with Gasteiger partial charge in [-0.3, -0.25) is 9.59 Å². The van der Waals surface area contributed by atoms with Crippen LogP contribution in [0.5, 0.6) is 0 Å². The molecule has 4 aromatic carbocycles. The fraction of sp³-hybridized carbons (Fsp3) is 0.569. The van der Waals surface area contributed by atoms with Gasteiger partial charge in [0, 0.05) is 47.7 Å². The van der Waals surface area contributed by atoms with E-state index >= 15 is 0 Å². The van der Waals surface area contributed by atoms with Crippen LogP contribution in [0.25, 0.3) is 21.5 Å². The summed E-state index contributed by atoms with van der Waals surface area (Å²) in [5.41, 5.74) is 6.46. The van der Waals surface area contributed by atoms with E-state index in [9.17, 15) is 60.7 Å². The van der Waals surface area contributed by atoms with Crippen LogP contribution < -0.4 is 15.5 Å². The number of hydrogen-bond donors (Lipinski definition) is 12. The second kappa shape index (κ2) is 29.5. The Morgan fingerprint density at radius 2 is 1.11 bits per heavy atom. The predicted molar refractivity (Wildman–Crippen MR) is 352 cm³/mol. The molecular weight excluding hydrogens is 1270 g/mol. The van der Waals surface area contributed by atoms with E-state index in [0.717, 1.165) is 66.6 Å². The molecule has 15 aliphatic rings. The van der Waals surface area contributed by atoms with Crippen LogP contribution in [0.3, 0.4) is 0 Å². The maximum atomic E-state index is 14.3. The van der Waals surface area contributed by atoms with Crippen LogP contribution in [0, 0.1) is 0 Å². The first kappa shape index (κ1) is 70.4. The summed E-state index contributed by atoms with van der Waals surface area (Å²) in [5.74, 6) is -0.804. The average Bonchev–Trinajstić information content (AvgIpc) is 1.57. The first-order chi connectivity index (χ1) is 47.2. The monoisotopic (exact) mass is 1360 g/mol. The third-order valence-electron chi connectivity index (χ3n) is 20.9. The van der Waals surface area contributed by atoms with E-state index < -0.39 is 172 Å². The summed E-state index contributed by atoms with van der Waals surface area (Å²) in [6, 6.07) is 24.4. The molecule has 0 saturated carbocycles. The Morgan fingerprint density at radius 1 is 0.571 bits per heavy atom. The molecule has 19 rings (SSSR count). The van der Waals surface area contributed by atoms with Gasteiger partial charge in [0.15, 0.2) is 18.3 Å². The minimum atomic E-state index is -1.63. The molecule has 20 atom stereocenters. The fourth-order valence-electron chi connectivity index (χ4n) is 15.8. The van der Waals surface area contributed by atoms with E-state index in [4.69, 9.17) is 47.4 Å². The van der Waals surface area contributed by atoms with Gasteiger partial charge in [0.05, 0.1) is 44.1 Å². The third kappa shape index (κ3) is 13.5. The summed E-state index contributed by atoms with van der Waals surface area (Å²) < 4.78 is 62.7. The van der Waals surface area contributed by atoms with E-state index in [0.29, 0.717) is 19.3 Å². The zero-order valence-electron chi connectivity index (χ0n) is 55.2. The number of benzene rings is 4. The lowest BCUT2D eigenvalue weighted by Gasteiger charge is -2.47. The highest BCUT2D eigenvalue weighted by molar-refractivity contribution is 6.08. The number of amides is 2. The summed E-state index contributed by atoms with van der Waals surface area (Å²) in [6.07, 6.45) is -12.8. The molecule has 26 heteroatoms.